The molecule has 0 spiro atoms. The zero-order valence-electron chi connectivity index (χ0n) is 13.1. The smallest absolute Gasteiger partial charge is 0.207 e. The van der Waals surface area contributed by atoms with E-state index in [1.807, 2.05) is 31.2 Å². The first-order chi connectivity index (χ1) is 11.0. The molecule has 1 aliphatic rings. The number of halogens is 1. The summed E-state index contributed by atoms with van der Waals surface area (Å²) in [6, 6.07) is 15.6. The van der Waals surface area contributed by atoms with Crippen molar-refractivity contribution in [1.29, 1.82) is 0 Å². The van der Waals surface area contributed by atoms with Crippen LogP contribution in [0.1, 0.15) is 29.9 Å². The van der Waals surface area contributed by atoms with Crippen molar-refractivity contribution in [3.8, 4) is 0 Å². The van der Waals surface area contributed by atoms with E-state index in [2.05, 4.69) is 28.1 Å². The highest BCUT2D eigenvalue weighted by Crippen LogP contribution is 2.31. The molecule has 0 unspecified atom stereocenters. The molecule has 0 bridgehead atoms. The van der Waals surface area contributed by atoms with Gasteiger partial charge in [0.1, 0.15) is 0 Å². The molecule has 1 heterocycles. The Morgan fingerprint density at radius 3 is 2.30 bits per heavy atom. The SMILES string of the molecule is Cc1ccc(S(=O)(=O)N2CCC(c3ccccc3)CC2)cc1Br. The van der Waals surface area contributed by atoms with Crippen LogP contribution in [-0.2, 0) is 10.0 Å². The Labute approximate surface area is 146 Å². The topological polar surface area (TPSA) is 37.4 Å². The van der Waals surface area contributed by atoms with E-state index < -0.39 is 10.0 Å². The van der Waals surface area contributed by atoms with Crippen molar-refractivity contribution < 1.29 is 8.42 Å². The van der Waals surface area contributed by atoms with Gasteiger partial charge >= 0.3 is 0 Å². The van der Waals surface area contributed by atoms with Gasteiger partial charge in [0.2, 0.25) is 10.0 Å². The number of rotatable bonds is 3. The van der Waals surface area contributed by atoms with Crippen LogP contribution in [0.5, 0.6) is 0 Å². The minimum absolute atomic E-state index is 0.369. The van der Waals surface area contributed by atoms with Crippen LogP contribution >= 0.6 is 15.9 Å². The molecule has 23 heavy (non-hydrogen) atoms. The number of nitrogens with zero attached hydrogens (tertiary/aromatic N) is 1. The summed E-state index contributed by atoms with van der Waals surface area (Å²) in [6.45, 7) is 3.10. The zero-order valence-corrected chi connectivity index (χ0v) is 15.5. The first-order valence-electron chi connectivity index (χ1n) is 7.80. The van der Waals surface area contributed by atoms with Crippen LogP contribution < -0.4 is 0 Å². The highest BCUT2D eigenvalue weighted by atomic mass is 79.9. The number of hydrogen-bond donors (Lipinski definition) is 0. The monoisotopic (exact) mass is 393 g/mol. The van der Waals surface area contributed by atoms with Gasteiger partial charge in [-0.05, 0) is 48.9 Å². The number of hydrogen-bond acceptors (Lipinski definition) is 2. The Morgan fingerprint density at radius 1 is 1.04 bits per heavy atom. The van der Waals surface area contributed by atoms with Crippen molar-refractivity contribution in [1.82, 2.24) is 4.31 Å². The number of sulfonamides is 1. The Balaban J connectivity index is 1.75. The van der Waals surface area contributed by atoms with Gasteiger partial charge in [-0.1, -0.05) is 52.3 Å². The molecule has 0 saturated carbocycles. The Kier molecular flexibility index (Phi) is 4.90. The van der Waals surface area contributed by atoms with E-state index in [0.29, 0.717) is 23.9 Å². The molecular formula is C18H20BrNO2S. The lowest BCUT2D eigenvalue weighted by atomic mass is 9.90. The van der Waals surface area contributed by atoms with Crippen molar-refractivity contribution in [2.24, 2.45) is 0 Å². The highest BCUT2D eigenvalue weighted by molar-refractivity contribution is 9.10. The quantitative estimate of drug-likeness (QED) is 0.777. The molecule has 0 radical (unpaired) electrons. The molecule has 0 amide bonds. The van der Waals surface area contributed by atoms with E-state index in [-0.39, 0.29) is 0 Å². The van der Waals surface area contributed by atoms with E-state index in [1.165, 1.54) is 5.56 Å². The fourth-order valence-electron chi connectivity index (χ4n) is 3.04. The molecule has 1 aliphatic heterocycles. The van der Waals surface area contributed by atoms with E-state index >= 15 is 0 Å². The van der Waals surface area contributed by atoms with Gasteiger partial charge in [0.25, 0.3) is 0 Å². The van der Waals surface area contributed by atoms with E-state index in [4.69, 9.17) is 0 Å². The van der Waals surface area contributed by atoms with Crippen LogP contribution in [0.15, 0.2) is 57.9 Å². The first kappa shape index (κ1) is 16.7. The second-order valence-corrected chi connectivity index (χ2v) is 8.79. The number of aryl methyl sites for hydroxylation is 1. The molecular weight excluding hydrogens is 374 g/mol. The molecule has 0 aliphatic carbocycles. The van der Waals surface area contributed by atoms with Crippen molar-refractivity contribution in [2.45, 2.75) is 30.6 Å². The van der Waals surface area contributed by atoms with Crippen LogP contribution in [0, 0.1) is 6.92 Å². The van der Waals surface area contributed by atoms with Crippen molar-refractivity contribution >= 4 is 26.0 Å². The summed E-state index contributed by atoms with van der Waals surface area (Å²) in [5, 5.41) is 0. The molecule has 122 valence electrons. The minimum Gasteiger partial charge on any atom is -0.207 e. The third-order valence-electron chi connectivity index (χ3n) is 4.51. The third kappa shape index (κ3) is 3.52. The molecule has 5 heteroatoms. The molecule has 0 N–H and O–H groups in total. The lowest BCUT2D eigenvalue weighted by Crippen LogP contribution is -2.37. The Morgan fingerprint density at radius 2 is 1.70 bits per heavy atom. The second kappa shape index (κ2) is 6.75. The second-order valence-electron chi connectivity index (χ2n) is 6.00. The predicted molar refractivity (Wildman–Crippen MR) is 96.1 cm³/mol. The largest absolute Gasteiger partial charge is 0.243 e. The summed E-state index contributed by atoms with van der Waals surface area (Å²) >= 11 is 3.42. The molecule has 0 atom stereocenters. The molecule has 1 fully saturated rings. The van der Waals surface area contributed by atoms with Gasteiger partial charge in [-0.25, -0.2) is 8.42 Å². The minimum atomic E-state index is -3.40. The van der Waals surface area contributed by atoms with Gasteiger partial charge in [-0.3, -0.25) is 0 Å². The zero-order chi connectivity index (χ0) is 16.4. The summed E-state index contributed by atoms with van der Waals surface area (Å²) in [4.78, 5) is 0.369. The maximum absolute atomic E-state index is 12.8. The van der Waals surface area contributed by atoms with E-state index in [0.717, 1.165) is 22.9 Å². The van der Waals surface area contributed by atoms with Gasteiger partial charge < -0.3 is 0 Å². The van der Waals surface area contributed by atoms with Gasteiger partial charge in [-0.2, -0.15) is 4.31 Å². The summed E-state index contributed by atoms with van der Waals surface area (Å²) in [5.74, 6) is 0.451. The van der Waals surface area contributed by atoms with E-state index in [1.54, 1.807) is 16.4 Å². The molecule has 2 aromatic carbocycles. The Hall–Kier alpha value is -1.17. The number of piperidine rings is 1. The fraction of sp³-hybridized carbons (Fsp3) is 0.333. The van der Waals surface area contributed by atoms with Crippen molar-refractivity contribution in [3.63, 3.8) is 0 Å². The maximum atomic E-state index is 12.8. The number of benzene rings is 2. The first-order valence-corrected chi connectivity index (χ1v) is 10.0. The van der Waals surface area contributed by atoms with Crippen LogP contribution in [0.3, 0.4) is 0 Å². The maximum Gasteiger partial charge on any atom is 0.243 e. The van der Waals surface area contributed by atoms with Crippen LogP contribution in [-0.4, -0.2) is 25.8 Å². The highest BCUT2D eigenvalue weighted by Gasteiger charge is 2.30. The van der Waals surface area contributed by atoms with Gasteiger partial charge in [0, 0.05) is 17.6 Å². The van der Waals surface area contributed by atoms with Gasteiger partial charge in [0.05, 0.1) is 4.90 Å². The molecule has 2 aromatic rings. The van der Waals surface area contributed by atoms with Crippen LogP contribution in [0.4, 0.5) is 0 Å². The molecule has 1 saturated heterocycles. The summed E-state index contributed by atoms with van der Waals surface area (Å²) in [5.41, 5.74) is 2.34. The van der Waals surface area contributed by atoms with Gasteiger partial charge in [-0.15, -0.1) is 0 Å². The summed E-state index contributed by atoms with van der Waals surface area (Å²) in [6.07, 6.45) is 1.74. The molecule has 0 aromatic heterocycles. The van der Waals surface area contributed by atoms with Crippen molar-refractivity contribution in [3.05, 3.63) is 64.1 Å². The predicted octanol–water partition coefficient (Wildman–Crippen LogP) is 4.33. The van der Waals surface area contributed by atoms with Crippen LogP contribution in [0.2, 0.25) is 0 Å². The Bertz CT molecular complexity index is 782. The van der Waals surface area contributed by atoms with Crippen LogP contribution in [0.25, 0.3) is 0 Å². The average molecular weight is 394 g/mol. The average Bonchev–Trinajstić information content (AvgIpc) is 2.58. The molecule has 3 nitrogen and oxygen atoms in total. The standard InChI is InChI=1S/C18H20BrNO2S/c1-14-7-8-17(13-18(14)19)23(21,22)20-11-9-16(10-12-20)15-5-3-2-4-6-15/h2-8,13,16H,9-12H2,1H3. The normalized spacial score (nSPS) is 17.3. The van der Waals surface area contributed by atoms with Crippen molar-refractivity contribution in [2.75, 3.05) is 13.1 Å². The lowest BCUT2D eigenvalue weighted by Gasteiger charge is -2.31. The fourth-order valence-corrected chi connectivity index (χ4v) is 5.06. The lowest BCUT2D eigenvalue weighted by molar-refractivity contribution is 0.319. The summed E-state index contributed by atoms with van der Waals surface area (Å²) < 4.78 is 28.0. The van der Waals surface area contributed by atoms with Gasteiger partial charge in [0.15, 0.2) is 0 Å². The third-order valence-corrected chi connectivity index (χ3v) is 7.25. The molecule has 3 rings (SSSR count). The van der Waals surface area contributed by atoms with E-state index in [9.17, 15) is 8.42 Å². The summed E-state index contributed by atoms with van der Waals surface area (Å²) in [7, 11) is -3.40.